The Morgan fingerprint density at radius 2 is 1.91 bits per heavy atom. The molecular formula is C16H25Cl2N3OS. The Bertz CT molecular complexity index is 466. The quantitative estimate of drug-likeness (QED) is 0.842. The van der Waals surface area contributed by atoms with Crippen molar-refractivity contribution in [1.29, 1.82) is 0 Å². The third-order valence-electron chi connectivity index (χ3n) is 4.18. The summed E-state index contributed by atoms with van der Waals surface area (Å²) < 4.78 is 0. The van der Waals surface area contributed by atoms with Gasteiger partial charge < -0.3 is 10.6 Å². The first-order chi connectivity index (χ1) is 10.3. The van der Waals surface area contributed by atoms with Crippen molar-refractivity contribution in [2.24, 2.45) is 0 Å². The lowest BCUT2D eigenvalue weighted by Crippen LogP contribution is -2.47. The molecule has 23 heavy (non-hydrogen) atoms. The van der Waals surface area contributed by atoms with Gasteiger partial charge >= 0.3 is 0 Å². The van der Waals surface area contributed by atoms with Gasteiger partial charge in [-0.2, -0.15) is 11.8 Å². The second kappa shape index (κ2) is 10.4. The molecule has 130 valence electrons. The van der Waals surface area contributed by atoms with Gasteiger partial charge in [0.25, 0.3) is 0 Å². The maximum Gasteiger partial charge on any atom is 0.242 e. The van der Waals surface area contributed by atoms with Crippen LogP contribution in [0.15, 0.2) is 30.3 Å². The zero-order valence-corrected chi connectivity index (χ0v) is 15.5. The molecule has 2 atom stereocenters. The number of nitrogens with zero attached hydrogens (tertiary/aromatic N) is 1. The zero-order chi connectivity index (χ0) is 14.5. The van der Waals surface area contributed by atoms with Crippen molar-refractivity contribution in [3.8, 4) is 0 Å². The summed E-state index contributed by atoms with van der Waals surface area (Å²) in [5.41, 5.74) is 1.10. The van der Waals surface area contributed by atoms with Crippen LogP contribution in [0.5, 0.6) is 0 Å². The van der Waals surface area contributed by atoms with Gasteiger partial charge in [0.1, 0.15) is 6.04 Å². The van der Waals surface area contributed by atoms with E-state index in [0.717, 1.165) is 49.7 Å². The largest absolute Gasteiger partial charge is 0.350 e. The number of halogens is 2. The Morgan fingerprint density at radius 1 is 1.22 bits per heavy atom. The van der Waals surface area contributed by atoms with E-state index in [9.17, 15) is 4.79 Å². The average Bonchev–Trinajstić information content (AvgIpc) is 3.02. The fourth-order valence-corrected chi connectivity index (χ4v) is 3.99. The topological polar surface area (TPSA) is 44.4 Å². The highest BCUT2D eigenvalue weighted by molar-refractivity contribution is 7.99. The molecule has 0 saturated carbocycles. The molecule has 1 aromatic rings. The molecule has 7 heteroatoms. The molecule has 2 unspecified atom stereocenters. The summed E-state index contributed by atoms with van der Waals surface area (Å²) in [7, 11) is 0. The first-order valence-corrected chi connectivity index (χ1v) is 8.88. The van der Waals surface area contributed by atoms with Gasteiger partial charge in [-0.25, -0.2) is 0 Å². The predicted molar refractivity (Wildman–Crippen MR) is 102 cm³/mol. The monoisotopic (exact) mass is 377 g/mol. The van der Waals surface area contributed by atoms with Crippen LogP contribution in [0.3, 0.4) is 0 Å². The van der Waals surface area contributed by atoms with Crippen molar-refractivity contribution in [2.75, 3.05) is 37.7 Å². The number of carbonyl (C=O) groups is 1. The van der Waals surface area contributed by atoms with Crippen LogP contribution in [0.1, 0.15) is 18.0 Å². The first-order valence-electron chi connectivity index (χ1n) is 7.72. The van der Waals surface area contributed by atoms with E-state index in [4.69, 9.17) is 0 Å². The number of rotatable bonds is 4. The van der Waals surface area contributed by atoms with Crippen LogP contribution in [0.4, 0.5) is 0 Å². The van der Waals surface area contributed by atoms with Gasteiger partial charge in [0.2, 0.25) is 5.91 Å². The Balaban J connectivity index is 0.00000132. The van der Waals surface area contributed by atoms with Crippen LogP contribution < -0.4 is 10.6 Å². The predicted octanol–water partition coefficient (Wildman–Crippen LogP) is 2.10. The molecule has 2 aliphatic heterocycles. The van der Waals surface area contributed by atoms with Gasteiger partial charge in [0, 0.05) is 37.2 Å². The molecule has 1 amide bonds. The number of hydrogen-bond acceptors (Lipinski definition) is 4. The van der Waals surface area contributed by atoms with Crippen LogP contribution in [0, 0.1) is 0 Å². The highest BCUT2D eigenvalue weighted by Gasteiger charge is 2.30. The Hall–Kier alpha value is -0.460. The van der Waals surface area contributed by atoms with E-state index in [1.165, 1.54) is 0 Å². The van der Waals surface area contributed by atoms with Crippen LogP contribution in [-0.4, -0.2) is 54.5 Å². The van der Waals surface area contributed by atoms with E-state index >= 15 is 0 Å². The zero-order valence-electron chi connectivity index (χ0n) is 13.1. The third-order valence-corrected chi connectivity index (χ3v) is 5.12. The van der Waals surface area contributed by atoms with Crippen LogP contribution in [-0.2, 0) is 4.79 Å². The minimum Gasteiger partial charge on any atom is -0.350 e. The summed E-state index contributed by atoms with van der Waals surface area (Å²) in [6.45, 7) is 3.87. The third kappa shape index (κ3) is 5.54. The maximum absolute atomic E-state index is 12.8. The van der Waals surface area contributed by atoms with Crippen molar-refractivity contribution in [2.45, 2.75) is 18.5 Å². The molecule has 3 rings (SSSR count). The highest BCUT2D eigenvalue weighted by Crippen LogP contribution is 2.24. The number of benzene rings is 1. The average molecular weight is 378 g/mol. The molecule has 0 spiro atoms. The lowest BCUT2D eigenvalue weighted by atomic mass is 10.0. The molecule has 1 aromatic carbocycles. The molecule has 2 saturated heterocycles. The maximum atomic E-state index is 12.8. The summed E-state index contributed by atoms with van der Waals surface area (Å²) in [5, 5.41) is 6.53. The smallest absolute Gasteiger partial charge is 0.242 e. The van der Waals surface area contributed by atoms with Crippen molar-refractivity contribution >= 4 is 42.5 Å². The van der Waals surface area contributed by atoms with Crippen molar-refractivity contribution in [3.05, 3.63) is 35.9 Å². The lowest BCUT2D eigenvalue weighted by Gasteiger charge is -2.34. The van der Waals surface area contributed by atoms with Gasteiger partial charge in [0.05, 0.1) is 0 Å². The molecule has 0 aromatic heterocycles. The van der Waals surface area contributed by atoms with Gasteiger partial charge in [-0.15, -0.1) is 24.8 Å². The standard InChI is InChI=1S/C16H23N3OS.2ClH/c20-16(18-14-6-7-17-12-14)15(13-4-2-1-3-5-13)19-8-10-21-11-9-19;;/h1-5,14-15,17H,6-12H2,(H,18,20);2*1H. The molecule has 2 aliphatic rings. The lowest BCUT2D eigenvalue weighted by molar-refractivity contribution is -0.127. The molecule has 2 N–H and O–H groups in total. The molecule has 0 bridgehead atoms. The fourth-order valence-electron chi connectivity index (χ4n) is 3.06. The summed E-state index contributed by atoms with van der Waals surface area (Å²) in [6, 6.07) is 10.3. The van der Waals surface area contributed by atoms with E-state index in [-0.39, 0.29) is 42.8 Å². The Morgan fingerprint density at radius 3 is 2.52 bits per heavy atom. The van der Waals surface area contributed by atoms with Gasteiger partial charge in [-0.1, -0.05) is 30.3 Å². The first kappa shape index (κ1) is 20.6. The van der Waals surface area contributed by atoms with E-state index in [1.807, 2.05) is 30.0 Å². The molecule has 0 aliphatic carbocycles. The summed E-state index contributed by atoms with van der Waals surface area (Å²) in [4.78, 5) is 15.1. The molecule has 2 heterocycles. The van der Waals surface area contributed by atoms with Gasteiger partial charge in [-0.05, 0) is 18.5 Å². The van der Waals surface area contributed by atoms with Gasteiger partial charge in [0.15, 0.2) is 0 Å². The molecule has 0 radical (unpaired) electrons. The van der Waals surface area contributed by atoms with Crippen LogP contribution >= 0.6 is 36.6 Å². The molecule has 2 fully saturated rings. The summed E-state index contributed by atoms with van der Waals surface area (Å²) >= 11 is 1.97. The number of nitrogens with one attached hydrogen (secondary N) is 2. The molecule has 4 nitrogen and oxygen atoms in total. The van der Waals surface area contributed by atoms with Crippen molar-refractivity contribution < 1.29 is 4.79 Å². The minimum atomic E-state index is -0.146. The second-order valence-corrected chi connectivity index (χ2v) is 6.88. The number of thioether (sulfide) groups is 1. The fraction of sp³-hybridized carbons (Fsp3) is 0.562. The van der Waals surface area contributed by atoms with E-state index in [0.29, 0.717) is 0 Å². The Kier molecular flexibility index (Phi) is 9.32. The van der Waals surface area contributed by atoms with Crippen LogP contribution in [0.25, 0.3) is 0 Å². The van der Waals surface area contributed by atoms with E-state index in [1.54, 1.807) is 0 Å². The normalized spacial score (nSPS) is 22.5. The number of amides is 1. The van der Waals surface area contributed by atoms with Crippen LogP contribution in [0.2, 0.25) is 0 Å². The SMILES string of the molecule is Cl.Cl.O=C(NC1CCNC1)C(c1ccccc1)N1CCSCC1. The van der Waals surface area contributed by atoms with E-state index < -0.39 is 0 Å². The summed E-state index contributed by atoms with van der Waals surface area (Å²) in [5.74, 6) is 2.38. The van der Waals surface area contributed by atoms with Crippen molar-refractivity contribution in [1.82, 2.24) is 15.5 Å². The van der Waals surface area contributed by atoms with E-state index in [2.05, 4.69) is 27.7 Å². The highest BCUT2D eigenvalue weighted by atomic mass is 35.5. The molecular weight excluding hydrogens is 353 g/mol. The minimum absolute atomic E-state index is 0. The summed E-state index contributed by atoms with van der Waals surface area (Å²) in [6.07, 6.45) is 1.03. The van der Waals surface area contributed by atoms with Gasteiger partial charge in [-0.3, -0.25) is 9.69 Å². The number of hydrogen-bond donors (Lipinski definition) is 2. The number of carbonyl (C=O) groups excluding carboxylic acids is 1. The second-order valence-electron chi connectivity index (χ2n) is 5.66. The Labute approximate surface area is 155 Å². The van der Waals surface area contributed by atoms with Crippen molar-refractivity contribution in [3.63, 3.8) is 0 Å².